The molecule has 0 unspecified atom stereocenters. The van der Waals surface area contributed by atoms with Crippen molar-refractivity contribution in [2.75, 3.05) is 11.9 Å². The number of benzene rings is 1. The number of hydrogen-bond donors (Lipinski definition) is 2. The number of aliphatic hydroxyl groups excluding tert-OH is 1. The van der Waals surface area contributed by atoms with Crippen molar-refractivity contribution < 1.29 is 5.11 Å². The molecule has 0 atom stereocenters. The van der Waals surface area contributed by atoms with E-state index in [4.69, 9.17) is 22.0 Å². The Kier molecular flexibility index (Phi) is 3.57. The summed E-state index contributed by atoms with van der Waals surface area (Å²) in [6.07, 6.45) is 0. The second kappa shape index (κ2) is 4.52. The number of hydrogen-bond acceptors (Lipinski definition) is 3. The van der Waals surface area contributed by atoms with Crippen molar-refractivity contribution in [3.05, 3.63) is 28.8 Å². The monoisotopic (exact) mass is 224 g/mol. The molecule has 0 fully saturated rings. The molecule has 0 spiro atoms. The van der Waals surface area contributed by atoms with E-state index >= 15 is 0 Å². The van der Waals surface area contributed by atoms with Crippen molar-refractivity contribution in [3.8, 4) is 6.07 Å². The highest BCUT2D eigenvalue weighted by Gasteiger charge is 2.18. The SMILES string of the molecule is CC(C)(CO)Nc1cccc(Cl)c1C#N. The Bertz CT molecular complexity index is 396. The fraction of sp³-hybridized carbons (Fsp3) is 0.364. The van der Waals surface area contributed by atoms with E-state index in [2.05, 4.69) is 5.32 Å². The molecule has 15 heavy (non-hydrogen) atoms. The van der Waals surface area contributed by atoms with Gasteiger partial charge in [-0.05, 0) is 26.0 Å². The van der Waals surface area contributed by atoms with Crippen LogP contribution in [0.5, 0.6) is 0 Å². The lowest BCUT2D eigenvalue weighted by Crippen LogP contribution is -2.35. The minimum absolute atomic E-state index is 0.0234. The van der Waals surface area contributed by atoms with Crippen molar-refractivity contribution in [1.29, 1.82) is 5.26 Å². The summed E-state index contributed by atoms with van der Waals surface area (Å²) in [7, 11) is 0. The van der Waals surface area contributed by atoms with Crippen LogP contribution < -0.4 is 5.32 Å². The molecule has 3 nitrogen and oxygen atoms in total. The maximum atomic E-state index is 9.11. The zero-order valence-electron chi connectivity index (χ0n) is 8.71. The van der Waals surface area contributed by atoms with Crippen LogP contribution in [0.25, 0.3) is 0 Å². The normalized spacial score (nSPS) is 10.9. The van der Waals surface area contributed by atoms with E-state index < -0.39 is 5.54 Å². The standard InChI is InChI=1S/C11H13ClN2O/c1-11(2,7-15)14-10-5-3-4-9(12)8(10)6-13/h3-5,14-15H,7H2,1-2H3. The molecule has 0 bridgehead atoms. The number of nitriles is 1. The fourth-order valence-corrected chi connectivity index (χ4v) is 1.36. The summed E-state index contributed by atoms with van der Waals surface area (Å²) in [4.78, 5) is 0. The van der Waals surface area contributed by atoms with Crippen LogP contribution in [-0.2, 0) is 0 Å². The number of halogens is 1. The molecule has 1 aromatic rings. The number of nitrogens with zero attached hydrogens (tertiary/aromatic N) is 1. The van der Waals surface area contributed by atoms with Crippen LogP contribution in [0.4, 0.5) is 5.69 Å². The molecule has 0 saturated carbocycles. The Morgan fingerprint density at radius 2 is 2.20 bits per heavy atom. The molecule has 0 amide bonds. The van der Waals surface area contributed by atoms with E-state index in [9.17, 15) is 0 Å². The molecule has 0 heterocycles. The summed E-state index contributed by atoms with van der Waals surface area (Å²) in [6.45, 7) is 3.66. The predicted octanol–water partition coefficient (Wildman–Crippen LogP) is 2.39. The van der Waals surface area contributed by atoms with Gasteiger partial charge in [0.2, 0.25) is 0 Å². The van der Waals surface area contributed by atoms with Gasteiger partial charge in [-0.3, -0.25) is 0 Å². The van der Waals surface area contributed by atoms with E-state index in [0.717, 1.165) is 0 Å². The number of nitrogens with one attached hydrogen (secondary N) is 1. The van der Waals surface area contributed by atoms with Crippen molar-refractivity contribution in [3.63, 3.8) is 0 Å². The first kappa shape index (κ1) is 11.8. The highest BCUT2D eigenvalue weighted by molar-refractivity contribution is 6.32. The lowest BCUT2D eigenvalue weighted by atomic mass is 10.1. The second-order valence-corrected chi connectivity index (χ2v) is 4.35. The minimum Gasteiger partial charge on any atom is -0.394 e. The third-order valence-corrected chi connectivity index (χ3v) is 2.31. The maximum absolute atomic E-state index is 9.11. The van der Waals surface area contributed by atoms with E-state index in [1.54, 1.807) is 18.2 Å². The van der Waals surface area contributed by atoms with Crippen molar-refractivity contribution >= 4 is 17.3 Å². The summed E-state index contributed by atoms with van der Waals surface area (Å²) in [5.74, 6) is 0. The quantitative estimate of drug-likeness (QED) is 0.829. The number of anilines is 1. The van der Waals surface area contributed by atoms with Crippen LogP contribution in [0, 0.1) is 11.3 Å². The fourth-order valence-electron chi connectivity index (χ4n) is 1.15. The molecule has 4 heteroatoms. The highest BCUT2D eigenvalue weighted by atomic mass is 35.5. The van der Waals surface area contributed by atoms with Crippen LogP contribution in [0.2, 0.25) is 5.02 Å². The van der Waals surface area contributed by atoms with Crippen LogP contribution in [0.3, 0.4) is 0 Å². The molecular weight excluding hydrogens is 212 g/mol. The first-order valence-corrected chi connectivity index (χ1v) is 4.95. The average molecular weight is 225 g/mol. The molecule has 2 N–H and O–H groups in total. The van der Waals surface area contributed by atoms with Gasteiger partial charge in [0, 0.05) is 0 Å². The van der Waals surface area contributed by atoms with Crippen molar-refractivity contribution in [2.45, 2.75) is 19.4 Å². The molecular formula is C11H13ClN2O. The largest absolute Gasteiger partial charge is 0.394 e. The highest BCUT2D eigenvalue weighted by Crippen LogP contribution is 2.25. The lowest BCUT2D eigenvalue weighted by molar-refractivity contribution is 0.234. The summed E-state index contributed by atoms with van der Waals surface area (Å²) < 4.78 is 0. The van der Waals surface area contributed by atoms with Crippen molar-refractivity contribution in [1.82, 2.24) is 0 Å². The van der Waals surface area contributed by atoms with Gasteiger partial charge in [0.1, 0.15) is 6.07 Å². The van der Waals surface area contributed by atoms with E-state index in [-0.39, 0.29) is 6.61 Å². The molecule has 0 aromatic heterocycles. The van der Waals surface area contributed by atoms with Crippen molar-refractivity contribution in [2.24, 2.45) is 0 Å². The van der Waals surface area contributed by atoms with Gasteiger partial charge in [-0.15, -0.1) is 0 Å². The van der Waals surface area contributed by atoms with Gasteiger partial charge in [0.15, 0.2) is 0 Å². The zero-order valence-corrected chi connectivity index (χ0v) is 9.47. The predicted molar refractivity (Wildman–Crippen MR) is 61.0 cm³/mol. The summed E-state index contributed by atoms with van der Waals surface area (Å²) in [5.41, 5.74) is 0.570. The Hall–Kier alpha value is -1.24. The topological polar surface area (TPSA) is 56.0 Å². The molecule has 0 radical (unpaired) electrons. The molecule has 0 saturated heterocycles. The molecule has 80 valence electrons. The maximum Gasteiger partial charge on any atom is 0.103 e. The average Bonchev–Trinajstić information content (AvgIpc) is 2.18. The Balaban J connectivity index is 3.06. The van der Waals surface area contributed by atoms with E-state index in [1.807, 2.05) is 19.9 Å². The molecule has 0 aliphatic rings. The van der Waals surface area contributed by atoms with Crippen LogP contribution >= 0.6 is 11.6 Å². The molecule has 0 aliphatic carbocycles. The van der Waals surface area contributed by atoms with Gasteiger partial charge >= 0.3 is 0 Å². The van der Waals surface area contributed by atoms with Crippen LogP contribution in [0.15, 0.2) is 18.2 Å². The van der Waals surface area contributed by atoms with Gasteiger partial charge in [0.05, 0.1) is 28.4 Å². The molecule has 1 rings (SSSR count). The number of aliphatic hydroxyl groups is 1. The van der Waals surface area contributed by atoms with E-state index in [1.165, 1.54) is 0 Å². The third kappa shape index (κ3) is 2.85. The Labute approximate surface area is 94.3 Å². The first-order valence-electron chi connectivity index (χ1n) is 4.58. The third-order valence-electron chi connectivity index (χ3n) is 1.99. The van der Waals surface area contributed by atoms with Crippen LogP contribution in [-0.4, -0.2) is 17.3 Å². The zero-order chi connectivity index (χ0) is 11.5. The summed E-state index contributed by atoms with van der Waals surface area (Å²) >= 11 is 5.88. The van der Waals surface area contributed by atoms with Gasteiger partial charge in [-0.2, -0.15) is 5.26 Å². The van der Waals surface area contributed by atoms with Gasteiger partial charge in [-0.1, -0.05) is 17.7 Å². The first-order chi connectivity index (χ1) is 7.00. The summed E-state index contributed by atoms with van der Waals surface area (Å²) in [5, 5.41) is 21.5. The Morgan fingerprint density at radius 1 is 1.53 bits per heavy atom. The smallest absolute Gasteiger partial charge is 0.103 e. The summed E-state index contributed by atoms with van der Waals surface area (Å²) in [6, 6.07) is 7.23. The molecule has 0 aliphatic heterocycles. The minimum atomic E-state index is -0.476. The van der Waals surface area contributed by atoms with E-state index in [0.29, 0.717) is 16.3 Å². The number of rotatable bonds is 3. The van der Waals surface area contributed by atoms with Crippen LogP contribution in [0.1, 0.15) is 19.4 Å². The Morgan fingerprint density at radius 3 is 2.73 bits per heavy atom. The lowest BCUT2D eigenvalue weighted by Gasteiger charge is -2.25. The van der Waals surface area contributed by atoms with Gasteiger partial charge in [-0.25, -0.2) is 0 Å². The van der Waals surface area contributed by atoms with Gasteiger partial charge in [0.25, 0.3) is 0 Å². The van der Waals surface area contributed by atoms with Gasteiger partial charge < -0.3 is 10.4 Å². The second-order valence-electron chi connectivity index (χ2n) is 3.94. The molecule has 1 aromatic carbocycles.